The lowest BCUT2D eigenvalue weighted by Gasteiger charge is -2.27. The van der Waals surface area contributed by atoms with Crippen LogP contribution in [0.5, 0.6) is 0 Å². The van der Waals surface area contributed by atoms with Gasteiger partial charge in [-0.25, -0.2) is 0 Å². The average Bonchev–Trinajstić information content (AvgIpc) is 2.89. The minimum absolute atomic E-state index is 0.138. The Morgan fingerprint density at radius 1 is 1.47 bits per heavy atom. The van der Waals surface area contributed by atoms with Crippen molar-refractivity contribution in [2.24, 2.45) is 5.92 Å². The molecule has 1 aromatic heterocycles. The molecule has 1 aromatic rings. The minimum Gasteiger partial charge on any atom is -0.381 e. The Balaban J connectivity index is 1.88. The van der Waals surface area contributed by atoms with E-state index >= 15 is 0 Å². The zero-order valence-corrected chi connectivity index (χ0v) is 12.1. The molecule has 1 amide bonds. The van der Waals surface area contributed by atoms with E-state index in [9.17, 15) is 4.79 Å². The molecule has 0 aliphatic carbocycles. The van der Waals surface area contributed by atoms with Crippen LogP contribution in [0.2, 0.25) is 0 Å². The molecule has 106 valence electrons. The Morgan fingerprint density at radius 3 is 2.89 bits per heavy atom. The van der Waals surface area contributed by atoms with Gasteiger partial charge in [-0.1, -0.05) is 11.3 Å². The molecule has 1 unspecified atom stereocenters. The van der Waals surface area contributed by atoms with Gasteiger partial charge in [-0.2, -0.15) is 0 Å². The summed E-state index contributed by atoms with van der Waals surface area (Å²) < 4.78 is 5.33. The topological polar surface area (TPSA) is 76.1 Å². The third-order valence-corrected chi connectivity index (χ3v) is 4.16. The van der Waals surface area contributed by atoms with Crippen LogP contribution in [-0.4, -0.2) is 41.9 Å². The van der Waals surface area contributed by atoms with Crippen LogP contribution in [0.1, 0.15) is 36.5 Å². The molecule has 0 saturated carbocycles. The third-order valence-electron chi connectivity index (χ3n) is 3.28. The summed E-state index contributed by atoms with van der Waals surface area (Å²) in [5.74, 6) is 0.347. The average molecular weight is 284 g/mol. The molecule has 1 saturated heterocycles. The first-order chi connectivity index (χ1) is 9.20. The number of ether oxygens (including phenoxy) is 1. The van der Waals surface area contributed by atoms with E-state index in [0.717, 1.165) is 32.6 Å². The number of anilines is 1. The van der Waals surface area contributed by atoms with E-state index in [0.29, 0.717) is 16.1 Å². The van der Waals surface area contributed by atoms with Gasteiger partial charge >= 0.3 is 0 Å². The first kappa shape index (κ1) is 14.2. The Labute approximate surface area is 116 Å². The smallest absolute Gasteiger partial charge is 0.282 e. The molecule has 0 radical (unpaired) electrons. The van der Waals surface area contributed by atoms with Crippen LogP contribution in [0.4, 0.5) is 5.13 Å². The Kier molecular flexibility index (Phi) is 5.09. The lowest BCUT2D eigenvalue weighted by atomic mass is 9.93. The van der Waals surface area contributed by atoms with Crippen molar-refractivity contribution in [3.05, 3.63) is 5.01 Å². The quantitative estimate of drug-likeness (QED) is 0.857. The van der Waals surface area contributed by atoms with Crippen LogP contribution in [0.15, 0.2) is 0 Å². The van der Waals surface area contributed by atoms with Crippen LogP contribution in [0.3, 0.4) is 0 Å². The molecule has 1 fully saturated rings. The molecule has 2 rings (SSSR count). The molecule has 0 spiro atoms. The second-order valence-corrected chi connectivity index (χ2v) is 5.63. The first-order valence-corrected chi connectivity index (χ1v) is 7.48. The van der Waals surface area contributed by atoms with Crippen molar-refractivity contribution in [3.63, 3.8) is 0 Å². The molecule has 1 aliphatic heterocycles. The van der Waals surface area contributed by atoms with Gasteiger partial charge in [-0.3, -0.25) is 4.79 Å². The lowest BCUT2D eigenvalue weighted by molar-refractivity contribution is 0.0538. The highest BCUT2D eigenvalue weighted by atomic mass is 32.1. The lowest BCUT2D eigenvalue weighted by Crippen LogP contribution is -2.40. The van der Waals surface area contributed by atoms with E-state index in [1.807, 2.05) is 13.8 Å². The van der Waals surface area contributed by atoms with E-state index in [1.54, 1.807) is 0 Å². The summed E-state index contributed by atoms with van der Waals surface area (Å²) in [7, 11) is 0. The molecule has 0 bridgehead atoms. The Morgan fingerprint density at radius 2 is 2.21 bits per heavy atom. The molecule has 2 heterocycles. The van der Waals surface area contributed by atoms with Crippen molar-refractivity contribution in [2.75, 3.05) is 25.1 Å². The fraction of sp³-hybridized carbons (Fsp3) is 0.750. The molecular formula is C12H20N4O2S. The third kappa shape index (κ3) is 3.87. The summed E-state index contributed by atoms with van der Waals surface area (Å²) in [5, 5.41) is 15.0. The molecule has 0 aromatic carbocycles. The van der Waals surface area contributed by atoms with Crippen molar-refractivity contribution < 1.29 is 9.53 Å². The number of hydrogen-bond acceptors (Lipinski definition) is 6. The molecular weight excluding hydrogens is 264 g/mol. The van der Waals surface area contributed by atoms with Gasteiger partial charge in [0.1, 0.15) is 0 Å². The van der Waals surface area contributed by atoms with E-state index in [4.69, 9.17) is 4.74 Å². The van der Waals surface area contributed by atoms with Gasteiger partial charge in [0.15, 0.2) is 0 Å². The second-order valence-electron chi connectivity index (χ2n) is 4.65. The van der Waals surface area contributed by atoms with Crippen molar-refractivity contribution >= 4 is 22.4 Å². The van der Waals surface area contributed by atoms with Crippen LogP contribution in [0, 0.1) is 5.92 Å². The van der Waals surface area contributed by atoms with E-state index in [-0.39, 0.29) is 11.9 Å². The maximum atomic E-state index is 12.1. The number of rotatable bonds is 5. The van der Waals surface area contributed by atoms with Gasteiger partial charge in [-0.15, -0.1) is 10.2 Å². The minimum atomic E-state index is -0.138. The Hall–Kier alpha value is -1.21. The van der Waals surface area contributed by atoms with Gasteiger partial charge < -0.3 is 15.4 Å². The van der Waals surface area contributed by atoms with Crippen molar-refractivity contribution in [1.82, 2.24) is 15.5 Å². The first-order valence-electron chi connectivity index (χ1n) is 6.66. The molecule has 19 heavy (non-hydrogen) atoms. The molecule has 1 atom stereocenters. The number of aromatic nitrogens is 2. The zero-order chi connectivity index (χ0) is 13.7. The van der Waals surface area contributed by atoms with Crippen molar-refractivity contribution in [2.45, 2.75) is 32.7 Å². The number of nitrogens with one attached hydrogen (secondary N) is 2. The number of carbonyl (C=O) groups excluding carboxylic acids is 1. The number of amides is 1. The maximum Gasteiger partial charge on any atom is 0.282 e. The summed E-state index contributed by atoms with van der Waals surface area (Å²) >= 11 is 1.28. The second kappa shape index (κ2) is 6.81. The monoisotopic (exact) mass is 284 g/mol. The maximum absolute atomic E-state index is 12.1. The predicted octanol–water partition coefficient (Wildman–Crippen LogP) is 1.51. The zero-order valence-electron chi connectivity index (χ0n) is 11.3. The van der Waals surface area contributed by atoms with Gasteiger partial charge in [0.25, 0.3) is 5.91 Å². The van der Waals surface area contributed by atoms with Gasteiger partial charge in [0.2, 0.25) is 10.1 Å². The van der Waals surface area contributed by atoms with E-state index < -0.39 is 0 Å². The van der Waals surface area contributed by atoms with Gasteiger partial charge in [0, 0.05) is 25.8 Å². The van der Waals surface area contributed by atoms with Crippen LogP contribution in [0.25, 0.3) is 0 Å². The SMILES string of the molecule is CCNc1nnc(C(=O)NC(C)C2CCOCC2)s1. The fourth-order valence-electron chi connectivity index (χ4n) is 2.14. The van der Waals surface area contributed by atoms with Gasteiger partial charge in [-0.05, 0) is 32.6 Å². The predicted molar refractivity (Wildman–Crippen MR) is 74.5 cm³/mol. The molecule has 6 nitrogen and oxygen atoms in total. The summed E-state index contributed by atoms with van der Waals surface area (Å²) in [6.07, 6.45) is 2.00. The number of carbonyl (C=O) groups is 1. The van der Waals surface area contributed by atoms with Crippen LogP contribution >= 0.6 is 11.3 Å². The van der Waals surface area contributed by atoms with Crippen molar-refractivity contribution in [3.8, 4) is 0 Å². The van der Waals surface area contributed by atoms with Gasteiger partial charge in [0.05, 0.1) is 0 Å². The van der Waals surface area contributed by atoms with E-state index in [1.165, 1.54) is 11.3 Å². The Bertz CT molecular complexity index is 418. The summed E-state index contributed by atoms with van der Waals surface area (Å²) in [6.45, 7) is 6.37. The highest BCUT2D eigenvalue weighted by Crippen LogP contribution is 2.20. The number of nitrogens with zero attached hydrogens (tertiary/aromatic N) is 2. The van der Waals surface area contributed by atoms with Crippen LogP contribution in [-0.2, 0) is 4.74 Å². The highest BCUT2D eigenvalue weighted by molar-refractivity contribution is 7.17. The standard InChI is InChI=1S/C12H20N4O2S/c1-3-13-12-16-15-11(19-12)10(17)14-8(2)9-4-6-18-7-5-9/h8-9H,3-7H2,1-2H3,(H,13,16)(H,14,17). The normalized spacial score (nSPS) is 18.0. The fourth-order valence-corrected chi connectivity index (χ4v) is 2.85. The molecule has 1 aliphatic rings. The largest absolute Gasteiger partial charge is 0.381 e. The summed E-state index contributed by atoms with van der Waals surface area (Å²) in [6, 6.07) is 0.142. The summed E-state index contributed by atoms with van der Waals surface area (Å²) in [4.78, 5) is 12.1. The van der Waals surface area contributed by atoms with Crippen molar-refractivity contribution in [1.29, 1.82) is 0 Å². The number of hydrogen-bond donors (Lipinski definition) is 2. The highest BCUT2D eigenvalue weighted by Gasteiger charge is 2.23. The molecule has 7 heteroatoms. The summed E-state index contributed by atoms with van der Waals surface area (Å²) in [5.41, 5.74) is 0. The van der Waals surface area contributed by atoms with Crippen LogP contribution < -0.4 is 10.6 Å². The molecule has 2 N–H and O–H groups in total. The van der Waals surface area contributed by atoms with E-state index in [2.05, 4.69) is 20.8 Å².